The fraction of sp³-hybridized carbons (Fsp3) is 0.316. The van der Waals surface area contributed by atoms with E-state index in [9.17, 15) is 9.18 Å². The van der Waals surface area contributed by atoms with Crippen LogP contribution in [0, 0.1) is 5.82 Å². The highest BCUT2D eigenvalue weighted by molar-refractivity contribution is 6.32. The summed E-state index contributed by atoms with van der Waals surface area (Å²) in [5.74, 6) is -0.123. The van der Waals surface area contributed by atoms with Crippen LogP contribution in [-0.4, -0.2) is 25.0 Å². The van der Waals surface area contributed by atoms with Gasteiger partial charge in [0, 0.05) is 37.7 Å². The van der Waals surface area contributed by atoms with E-state index in [2.05, 4.69) is 10.6 Å². The van der Waals surface area contributed by atoms with Gasteiger partial charge in [-0.15, -0.1) is 0 Å². The molecule has 2 aromatic rings. The highest BCUT2D eigenvalue weighted by Crippen LogP contribution is 2.33. The minimum absolute atomic E-state index is 0.00879. The Morgan fingerprint density at radius 3 is 2.69 bits per heavy atom. The molecule has 1 atom stereocenters. The Bertz CT molecular complexity index is 728. The van der Waals surface area contributed by atoms with Gasteiger partial charge in [0.05, 0.1) is 5.02 Å². The SMILES string of the molecule is C[C@H](CC(=O)NCCN)NCc1ccc(Cl)c(Oc2ccccc2)c1F. The molecule has 7 heteroatoms. The van der Waals surface area contributed by atoms with Crippen LogP contribution in [0.2, 0.25) is 5.02 Å². The first-order chi connectivity index (χ1) is 12.5. The van der Waals surface area contributed by atoms with Crippen LogP contribution in [0.4, 0.5) is 4.39 Å². The highest BCUT2D eigenvalue weighted by atomic mass is 35.5. The Morgan fingerprint density at radius 1 is 1.27 bits per heavy atom. The number of nitrogens with two attached hydrogens (primary N) is 1. The summed E-state index contributed by atoms with van der Waals surface area (Å²) in [4.78, 5) is 11.7. The van der Waals surface area contributed by atoms with E-state index in [1.165, 1.54) is 0 Å². The number of halogens is 2. The number of amides is 1. The summed E-state index contributed by atoms with van der Waals surface area (Å²) < 4.78 is 20.3. The Hall–Kier alpha value is -2.15. The molecule has 0 saturated carbocycles. The molecule has 0 fully saturated rings. The molecule has 140 valence electrons. The molecule has 0 aliphatic rings. The molecule has 4 N–H and O–H groups in total. The molecule has 5 nitrogen and oxygen atoms in total. The average Bonchev–Trinajstić information content (AvgIpc) is 2.63. The van der Waals surface area contributed by atoms with Crippen LogP contribution in [0.5, 0.6) is 11.5 Å². The molecule has 0 spiro atoms. The van der Waals surface area contributed by atoms with Crippen LogP contribution < -0.4 is 21.1 Å². The van der Waals surface area contributed by atoms with Gasteiger partial charge in [-0.1, -0.05) is 35.9 Å². The average molecular weight is 380 g/mol. The van der Waals surface area contributed by atoms with Gasteiger partial charge in [-0.3, -0.25) is 4.79 Å². The third-order valence-corrected chi connectivity index (χ3v) is 3.99. The summed E-state index contributed by atoms with van der Waals surface area (Å²) >= 11 is 6.08. The first kappa shape index (κ1) is 20.2. The van der Waals surface area contributed by atoms with Gasteiger partial charge in [-0.2, -0.15) is 0 Å². The highest BCUT2D eigenvalue weighted by Gasteiger charge is 2.16. The number of rotatable bonds is 9. The number of nitrogens with one attached hydrogen (secondary N) is 2. The third kappa shape index (κ3) is 5.98. The molecule has 0 aromatic heterocycles. The molecular weight excluding hydrogens is 357 g/mol. The number of benzene rings is 2. The van der Waals surface area contributed by atoms with Crippen molar-refractivity contribution in [3.05, 3.63) is 58.9 Å². The minimum Gasteiger partial charge on any atom is -0.453 e. The van der Waals surface area contributed by atoms with Gasteiger partial charge in [-0.05, 0) is 25.1 Å². The zero-order chi connectivity index (χ0) is 18.9. The molecular formula is C19H23ClFN3O2. The topological polar surface area (TPSA) is 76.4 Å². The van der Waals surface area contributed by atoms with E-state index in [1.54, 1.807) is 36.4 Å². The fourth-order valence-electron chi connectivity index (χ4n) is 2.33. The second kappa shape index (κ2) is 10.1. The van der Waals surface area contributed by atoms with Gasteiger partial charge in [-0.25, -0.2) is 4.39 Å². The van der Waals surface area contributed by atoms with Crippen LogP contribution in [0.15, 0.2) is 42.5 Å². The second-order valence-electron chi connectivity index (χ2n) is 5.89. The lowest BCUT2D eigenvalue weighted by Gasteiger charge is -2.16. The van der Waals surface area contributed by atoms with Gasteiger partial charge in [0.1, 0.15) is 5.75 Å². The van der Waals surface area contributed by atoms with Gasteiger partial charge in [0.2, 0.25) is 5.91 Å². The molecule has 2 aromatic carbocycles. The predicted octanol–water partition coefficient (Wildman–Crippen LogP) is 3.21. The van der Waals surface area contributed by atoms with Gasteiger partial charge < -0.3 is 21.1 Å². The Kier molecular flexibility index (Phi) is 7.84. The summed E-state index contributed by atoms with van der Waals surface area (Å²) in [7, 11) is 0. The first-order valence-electron chi connectivity index (χ1n) is 8.41. The standard InChI is InChI=1S/C19H23ClFN3O2/c1-13(11-17(25)23-10-9-22)24-12-14-7-8-16(20)19(18(14)21)26-15-5-3-2-4-6-15/h2-8,13,24H,9-12,22H2,1H3,(H,23,25)/t13-/m1/s1. The number of ether oxygens (including phenoxy) is 1. The van der Waals surface area contributed by atoms with E-state index in [-0.39, 0.29) is 35.7 Å². The predicted molar refractivity (Wildman–Crippen MR) is 101 cm³/mol. The van der Waals surface area contributed by atoms with Crippen molar-refractivity contribution in [3.63, 3.8) is 0 Å². The minimum atomic E-state index is -0.520. The van der Waals surface area contributed by atoms with E-state index in [1.807, 2.05) is 13.0 Å². The van der Waals surface area contributed by atoms with Crippen molar-refractivity contribution in [1.29, 1.82) is 0 Å². The summed E-state index contributed by atoms with van der Waals surface area (Å²) in [6.07, 6.45) is 0.280. The zero-order valence-corrected chi connectivity index (χ0v) is 15.4. The number of hydrogen-bond donors (Lipinski definition) is 3. The van der Waals surface area contributed by atoms with Crippen molar-refractivity contribution in [2.45, 2.75) is 25.9 Å². The zero-order valence-electron chi connectivity index (χ0n) is 14.6. The molecule has 0 radical (unpaired) electrons. The molecule has 2 rings (SSSR count). The second-order valence-corrected chi connectivity index (χ2v) is 6.30. The monoisotopic (exact) mass is 379 g/mol. The smallest absolute Gasteiger partial charge is 0.221 e. The van der Waals surface area contributed by atoms with Crippen molar-refractivity contribution in [2.24, 2.45) is 5.73 Å². The number of carbonyl (C=O) groups is 1. The summed E-state index contributed by atoms with van der Waals surface area (Å²) in [6.45, 7) is 2.95. The first-order valence-corrected chi connectivity index (χ1v) is 8.79. The lowest BCUT2D eigenvalue weighted by Crippen LogP contribution is -2.35. The molecule has 0 aliphatic carbocycles. The summed E-state index contributed by atoms with van der Waals surface area (Å²) in [5, 5.41) is 6.03. The fourth-order valence-corrected chi connectivity index (χ4v) is 2.51. The quantitative estimate of drug-likeness (QED) is 0.625. The largest absolute Gasteiger partial charge is 0.453 e. The lowest BCUT2D eigenvalue weighted by atomic mass is 10.1. The van der Waals surface area contributed by atoms with E-state index >= 15 is 0 Å². The van der Waals surface area contributed by atoms with Gasteiger partial charge in [0.15, 0.2) is 11.6 Å². The van der Waals surface area contributed by atoms with Crippen molar-refractivity contribution in [2.75, 3.05) is 13.1 Å². The van der Waals surface area contributed by atoms with Crippen LogP contribution in [0.1, 0.15) is 18.9 Å². The number of carbonyl (C=O) groups excluding carboxylic acids is 1. The van der Waals surface area contributed by atoms with E-state index in [4.69, 9.17) is 22.1 Å². The Labute approximate surface area is 157 Å². The summed E-state index contributed by atoms with van der Waals surface area (Å²) in [5.41, 5.74) is 5.76. The maximum atomic E-state index is 14.8. The molecule has 26 heavy (non-hydrogen) atoms. The van der Waals surface area contributed by atoms with Gasteiger partial charge >= 0.3 is 0 Å². The van der Waals surface area contributed by atoms with Crippen LogP contribution in [-0.2, 0) is 11.3 Å². The number of para-hydroxylation sites is 1. The molecule has 0 bridgehead atoms. The molecule has 0 saturated heterocycles. The van der Waals surface area contributed by atoms with E-state index < -0.39 is 5.82 Å². The van der Waals surface area contributed by atoms with E-state index in [0.29, 0.717) is 24.4 Å². The van der Waals surface area contributed by atoms with Gasteiger partial charge in [0.25, 0.3) is 0 Å². The third-order valence-electron chi connectivity index (χ3n) is 3.69. The molecule has 0 unspecified atom stereocenters. The number of hydrogen-bond acceptors (Lipinski definition) is 4. The van der Waals surface area contributed by atoms with Crippen molar-refractivity contribution < 1.29 is 13.9 Å². The Balaban J connectivity index is 1.99. The maximum absolute atomic E-state index is 14.8. The van der Waals surface area contributed by atoms with Crippen LogP contribution in [0.25, 0.3) is 0 Å². The van der Waals surface area contributed by atoms with Crippen molar-refractivity contribution >= 4 is 17.5 Å². The molecule has 0 aliphatic heterocycles. The molecule has 0 heterocycles. The van der Waals surface area contributed by atoms with Crippen LogP contribution in [0.3, 0.4) is 0 Å². The normalized spacial score (nSPS) is 11.8. The van der Waals surface area contributed by atoms with E-state index in [0.717, 1.165) is 0 Å². The Morgan fingerprint density at radius 2 is 2.00 bits per heavy atom. The lowest BCUT2D eigenvalue weighted by molar-refractivity contribution is -0.121. The molecule has 1 amide bonds. The van der Waals surface area contributed by atoms with Crippen LogP contribution >= 0.6 is 11.6 Å². The van der Waals surface area contributed by atoms with Crippen molar-refractivity contribution in [1.82, 2.24) is 10.6 Å². The summed E-state index contributed by atoms with van der Waals surface area (Å²) in [6, 6.07) is 12.0. The maximum Gasteiger partial charge on any atom is 0.221 e. The van der Waals surface area contributed by atoms with Crippen molar-refractivity contribution in [3.8, 4) is 11.5 Å².